The van der Waals surface area contributed by atoms with Crippen molar-refractivity contribution < 1.29 is 14.6 Å². The van der Waals surface area contributed by atoms with Crippen LogP contribution in [0.25, 0.3) is 0 Å². The lowest BCUT2D eigenvalue weighted by Gasteiger charge is -2.33. The van der Waals surface area contributed by atoms with Gasteiger partial charge in [0.25, 0.3) is 0 Å². The maximum absolute atomic E-state index is 10.8. The third-order valence-corrected chi connectivity index (χ3v) is 4.30. The van der Waals surface area contributed by atoms with Gasteiger partial charge in [-0.25, -0.2) is 14.8 Å². The molecule has 120 valence electrons. The first kappa shape index (κ1) is 16.0. The summed E-state index contributed by atoms with van der Waals surface area (Å²) in [6.45, 7) is 1.74. The fourth-order valence-corrected chi connectivity index (χ4v) is 2.67. The summed E-state index contributed by atoms with van der Waals surface area (Å²) in [6.07, 6.45) is 2.54. The van der Waals surface area contributed by atoms with Gasteiger partial charge >= 0.3 is 5.97 Å². The van der Waals surface area contributed by atoms with E-state index in [1.165, 1.54) is 12.4 Å². The Hall–Kier alpha value is -1.89. The van der Waals surface area contributed by atoms with Crippen molar-refractivity contribution in [3.05, 3.63) is 51.9 Å². The molecule has 0 radical (unpaired) electrons. The maximum Gasteiger partial charge on any atom is 0.356 e. The summed E-state index contributed by atoms with van der Waals surface area (Å²) in [7, 11) is 0. The molecule has 0 amide bonds. The molecule has 2 aromatic rings. The molecule has 0 aliphatic carbocycles. The van der Waals surface area contributed by atoms with Gasteiger partial charge in [-0.1, -0.05) is 29.3 Å². The van der Waals surface area contributed by atoms with Crippen LogP contribution in [0.3, 0.4) is 0 Å². The van der Waals surface area contributed by atoms with E-state index in [1.54, 1.807) is 12.1 Å². The van der Waals surface area contributed by atoms with E-state index in [1.807, 2.05) is 11.0 Å². The Morgan fingerprint density at radius 3 is 2.74 bits per heavy atom. The first-order chi connectivity index (χ1) is 11.0. The van der Waals surface area contributed by atoms with Crippen molar-refractivity contribution in [2.75, 3.05) is 24.6 Å². The summed E-state index contributed by atoms with van der Waals surface area (Å²) in [4.78, 5) is 20.9. The van der Waals surface area contributed by atoms with Gasteiger partial charge in [-0.15, -0.1) is 0 Å². The summed E-state index contributed by atoms with van der Waals surface area (Å²) in [6, 6.07) is 5.40. The van der Waals surface area contributed by atoms with Gasteiger partial charge in [-0.2, -0.15) is 0 Å². The Labute approximate surface area is 142 Å². The van der Waals surface area contributed by atoms with Crippen LogP contribution in [0.5, 0.6) is 0 Å². The highest BCUT2D eigenvalue weighted by atomic mass is 35.5. The number of morpholine rings is 1. The summed E-state index contributed by atoms with van der Waals surface area (Å²) >= 11 is 12.0. The predicted molar refractivity (Wildman–Crippen MR) is 86.4 cm³/mol. The maximum atomic E-state index is 10.8. The van der Waals surface area contributed by atoms with Gasteiger partial charge < -0.3 is 14.7 Å². The minimum Gasteiger partial charge on any atom is -0.476 e. The highest BCUT2D eigenvalue weighted by Gasteiger charge is 2.24. The van der Waals surface area contributed by atoms with Crippen molar-refractivity contribution in [2.24, 2.45) is 0 Å². The van der Waals surface area contributed by atoms with E-state index in [-0.39, 0.29) is 11.8 Å². The fraction of sp³-hybridized carbons (Fsp3) is 0.267. The van der Waals surface area contributed by atoms with Crippen LogP contribution in [0.15, 0.2) is 30.6 Å². The molecule has 1 aromatic carbocycles. The molecule has 23 heavy (non-hydrogen) atoms. The summed E-state index contributed by atoms with van der Waals surface area (Å²) in [5.41, 5.74) is 0.849. The van der Waals surface area contributed by atoms with Crippen LogP contribution in [-0.2, 0) is 4.74 Å². The summed E-state index contributed by atoms with van der Waals surface area (Å²) in [5.74, 6) is -0.483. The molecule has 1 aliphatic rings. The van der Waals surface area contributed by atoms with Gasteiger partial charge in [0, 0.05) is 13.1 Å². The minimum absolute atomic E-state index is 0.0805. The first-order valence-electron chi connectivity index (χ1n) is 6.91. The lowest BCUT2D eigenvalue weighted by Crippen LogP contribution is -2.39. The number of carboxylic acids is 1. The molecule has 3 rings (SSSR count). The molecule has 0 bridgehead atoms. The van der Waals surface area contributed by atoms with Crippen molar-refractivity contribution in [3.63, 3.8) is 0 Å². The summed E-state index contributed by atoms with van der Waals surface area (Å²) < 4.78 is 5.79. The Bertz CT molecular complexity index is 724. The highest BCUT2D eigenvalue weighted by Crippen LogP contribution is 2.30. The predicted octanol–water partition coefficient (Wildman–Crippen LogP) is 3.06. The van der Waals surface area contributed by atoms with Crippen molar-refractivity contribution in [1.29, 1.82) is 0 Å². The van der Waals surface area contributed by atoms with Crippen LogP contribution >= 0.6 is 23.2 Å². The van der Waals surface area contributed by atoms with Crippen LogP contribution in [0.1, 0.15) is 22.2 Å². The third kappa shape index (κ3) is 3.55. The number of rotatable bonds is 3. The van der Waals surface area contributed by atoms with Crippen LogP contribution < -0.4 is 4.90 Å². The van der Waals surface area contributed by atoms with E-state index in [0.29, 0.717) is 35.6 Å². The molecule has 1 aliphatic heterocycles. The van der Waals surface area contributed by atoms with Crippen LogP contribution in [0, 0.1) is 0 Å². The standard InChI is InChI=1S/C15H13Cl2N3O3/c16-10-2-1-9(5-11(10)17)13-8-20(3-4-23-13)14-7-18-12(6-19-14)15(21)22/h1-2,5-7,13H,3-4,8H2,(H,21,22). The number of aromatic nitrogens is 2. The molecule has 1 atom stereocenters. The van der Waals surface area contributed by atoms with E-state index < -0.39 is 5.97 Å². The lowest BCUT2D eigenvalue weighted by atomic mass is 10.1. The molecular formula is C15H13Cl2N3O3. The Morgan fingerprint density at radius 2 is 2.09 bits per heavy atom. The second-order valence-corrected chi connectivity index (χ2v) is 5.86. The highest BCUT2D eigenvalue weighted by molar-refractivity contribution is 6.42. The summed E-state index contributed by atoms with van der Waals surface area (Å²) in [5, 5.41) is 9.85. The third-order valence-electron chi connectivity index (χ3n) is 3.56. The molecule has 1 aromatic heterocycles. The molecule has 1 fully saturated rings. The van der Waals surface area contributed by atoms with Gasteiger partial charge in [0.05, 0.1) is 29.0 Å². The number of anilines is 1. The Balaban J connectivity index is 1.77. The Kier molecular flexibility index (Phi) is 4.66. The Morgan fingerprint density at radius 1 is 1.26 bits per heavy atom. The molecule has 1 N–H and O–H groups in total. The van der Waals surface area contributed by atoms with Gasteiger partial charge in [0.1, 0.15) is 11.9 Å². The monoisotopic (exact) mass is 353 g/mol. The lowest BCUT2D eigenvalue weighted by molar-refractivity contribution is 0.0395. The quantitative estimate of drug-likeness (QED) is 0.913. The van der Waals surface area contributed by atoms with Crippen molar-refractivity contribution in [3.8, 4) is 0 Å². The first-order valence-corrected chi connectivity index (χ1v) is 7.67. The SMILES string of the molecule is O=C(O)c1cnc(N2CCOC(c3ccc(Cl)c(Cl)c3)C2)cn1. The zero-order valence-corrected chi connectivity index (χ0v) is 13.5. The van der Waals surface area contributed by atoms with Crippen LogP contribution in [0.4, 0.5) is 5.82 Å². The van der Waals surface area contributed by atoms with Crippen molar-refractivity contribution in [1.82, 2.24) is 9.97 Å². The number of halogens is 2. The zero-order chi connectivity index (χ0) is 16.4. The average Bonchev–Trinajstić information content (AvgIpc) is 2.57. The topological polar surface area (TPSA) is 75.5 Å². The molecule has 1 unspecified atom stereocenters. The minimum atomic E-state index is -1.10. The number of carbonyl (C=O) groups is 1. The largest absolute Gasteiger partial charge is 0.476 e. The normalized spacial score (nSPS) is 18.0. The van der Waals surface area contributed by atoms with Crippen LogP contribution in [-0.4, -0.2) is 40.7 Å². The van der Waals surface area contributed by atoms with Gasteiger partial charge in [-0.3, -0.25) is 0 Å². The molecule has 2 heterocycles. The van der Waals surface area contributed by atoms with Gasteiger partial charge in [0.2, 0.25) is 0 Å². The molecule has 0 saturated carbocycles. The molecule has 8 heteroatoms. The molecule has 6 nitrogen and oxygen atoms in total. The van der Waals surface area contributed by atoms with E-state index in [9.17, 15) is 4.79 Å². The van der Waals surface area contributed by atoms with Crippen molar-refractivity contribution in [2.45, 2.75) is 6.10 Å². The number of nitrogens with zero attached hydrogens (tertiary/aromatic N) is 3. The zero-order valence-electron chi connectivity index (χ0n) is 11.9. The van der Waals surface area contributed by atoms with Gasteiger partial charge in [0.15, 0.2) is 5.69 Å². The number of ether oxygens (including phenoxy) is 1. The number of carboxylic acid groups (broad SMARTS) is 1. The van der Waals surface area contributed by atoms with E-state index in [0.717, 1.165) is 5.56 Å². The number of aromatic carboxylic acids is 1. The van der Waals surface area contributed by atoms with E-state index in [2.05, 4.69) is 9.97 Å². The molecule has 0 spiro atoms. The molecular weight excluding hydrogens is 341 g/mol. The smallest absolute Gasteiger partial charge is 0.356 e. The van der Waals surface area contributed by atoms with Gasteiger partial charge in [-0.05, 0) is 17.7 Å². The van der Waals surface area contributed by atoms with E-state index >= 15 is 0 Å². The second-order valence-electron chi connectivity index (χ2n) is 5.04. The number of hydrogen-bond donors (Lipinski definition) is 1. The van der Waals surface area contributed by atoms with Crippen molar-refractivity contribution >= 4 is 35.0 Å². The van der Waals surface area contributed by atoms with E-state index in [4.69, 9.17) is 33.0 Å². The fourth-order valence-electron chi connectivity index (χ4n) is 2.37. The second kappa shape index (κ2) is 6.70. The molecule has 1 saturated heterocycles. The van der Waals surface area contributed by atoms with Crippen LogP contribution in [0.2, 0.25) is 10.0 Å². The number of hydrogen-bond acceptors (Lipinski definition) is 5. The number of benzene rings is 1. The average molecular weight is 354 g/mol.